The first-order chi connectivity index (χ1) is 12.8. The second-order valence-electron chi connectivity index (χ2n) is 5.13. The number of thiazole rings is 1. The fraction of sp³-hybridized carbons (Fsp3) is 0.0625. The van der Waals surface area contributed by atoms with Crippen LogP contribution in [0, 0.1) is 0 Å². The molecule has 0 unspecified atom stereocenters. The van der Waals surface area contributed by atoms with Gasteiger partial charge in [-0.3, -0.25) is 5.43 Å². The van der Waals surface area contributed by atoms with Crippen LogP contribution in [-0.4, -0.2) is 16.2 Å². The number of hydrazone groups is 1. The maximum atomic E-state index is 12.6. The van der Waals surface area contributed by atoms with Gasteiger partial charge in [0.1, 0.15) is 16.6 Å². The average molecular weight is 414 g/mol. The molecule has 2 aromatic heterocycles. The molecule has 0 saturated carbocycles. The summed E-state index contributed by atoms with van der Waals surface area (Å²) >= 11 is 7.14. The number of alkyl halides is 3. The van der Waals surface area contributed by atoms with Crippen LogP contribution in [0.1, 0.15) is 11.1 Å². The molecule has 0 aliphatic heterocycles. The number of rotatable bonds is 5. The summed E-state index contributed by atoms with van der Waals surface area (Å²) in [5.41, 5.74) is 8.06. The lowest BCUT2D eigenvalue weighted by molar-refractivity contribution is -0.137. The summed E-state index contributed by atoms with van der Waals surface area (Å²) in [7, 11) is 0. The molecule has 0 saturated heterocycles. The first-order valence-corrected chi connectivity index (χ1v) is 8.58. The van der Waals surface area contributed by atoms with Crippen molar-refractivity contribution in [3.63, 3.8) is 0 Å². The normalized spacial score (nSPS) is 11.7. The Morgan fingerprint density at radius 1 is 1.26 bits per heavy atom. The van der Waals surface area contributed by atoms with Gasteiger partial charge in [-0.15, -0.1) is 11.3 Å². The molecule has 0 aliphatic carbocycles. The highest BCUT2D eigenvalue weighted by atomic mass is 35.5. The molecule has 3 rings (SSSR count). The van der Waals surface area contributed by atoms with Crippen molar-refractivity contribution in [3.8, 4) is 11.6 Å². The van der Waals surface area contributed by atoms with Crippen molar-refractivity contribution in [1.82, 2.24) is 9.97 Å². The molecular weight excluding hydrogens is 403 g/mol. The van der Waals surface area contributed by atoms with E-state index >= 15 is 0 Å². The van der Waals surface area contributed by atoms with Crippen molar-refractivity contribution in [2.75, 3.05) is 11.2 Å². The third kappa shape index (κ3) is 5.08. The minimum atomic E-state index is -4.52. The van der Waals surface area contributed by atoms with Crippen LogP contribution in [0.2, 0.25) is 5.02 Å². The highest BCUT2D eigenvalue weighted by molar-refractivity contribution is 7.14. The molecule has 140 valence electrons. The van der Waals surface area contributed by atoms with Crippen LogP contribution in [-0.2, 0) is 6.18 Å². The van der Waals surface area contributed by atoms with E-state index in [0.29, 0.717) is 22.9 Å². The number of aromatic nitrogens is 2. The molecule has 3 N–H and O–H groups in total. The zero-order valence-electron chi connectivity index (χ0n) is 13.4. The predicted octanol–water partition coefficient (Wildman–Crippen LogP) is 5.03. The topological polar surface area (TPSA) is 85.4 Å². The quantitative estimate of drug-likeness (QED) is 0.452. The molecule has 6 nitrogen and oxygen atoms in total. The molecule has 0 amide bonds. The SMILES string of the molecule is Nc1csc(NN=Cc2ccc(Oc3ncc(C(F)(F)F)cc3Cl)cc2)n1. The van der Waals surface area contributed by atoms with Crippen LogP contribution in [0.3, 0.4) is 0 Å². The van der Waals surface area contributed by atoms with Gasteiger partial charge in [-0.05, 0) is 35.9 Å². The van der Waals surface area contributed by atoms with Gasteiger partial charge in [0.15, 0.2) is 0 Å². The highest BCUT2D eigenvalue weighted by Crippen LogP contribution is 2.34. The van der Waals surface area contributed by atoms with Crippen LogP contribution in [0.5, 0.6) is 11.6 Å². The Kier molecular flexibility index (Phi) is 5.47. The van der Waals surface area contributed by atoms with Gasteiger partial charge in [0.2, 0.25) is 11.0 Å². The zero-order chi connectivity index (χ0) is 19.4. The molecular formula is C16H11ClF3N5OS. The van der Waals surface area contributed by atoms with Gasteiger partial charge in [-0.25, -0.2) is 9.97 Å². The number of nitrogen functional groups attached to an aromatic ring is 1. The molecule has 3 aromatic rings. The van der Waals surface area contributed by atoms with E-state index in [1.54, 1.807) is 35.9 Å². The summed E-state index contributed by atoms with van der Waals surface area (Å²) in [5, 5.41) is 6.03. The smallest absolute Gasteiger partial charge is 0.417 e. The highest BCUT2D eigenvalue weighted by Gasteiger charge is 2.31. The van der Waals surface area contributed by atoms with E-state index in [4.69, 9.17) is 22.1 Å². The minimum absolute atomic E-state index is 0.117. The lowest BCUT2D eigenvalue weighted by atomic mass is 10.2. The number of nitrogens with zero attached hydrogens (tertiary/aromatic N) is 3. The van der Waals surface area contributed by atoms with E-state index in [0.717, 1.165) is 11.6 Å². The van der Waals surface area contributed by atoms with Gasteiger partial charge in [-0.2, -0.15) is 18.3 Å². The number of ether oxygens (including phenoxy) is 1. The molecule has 0 bridgehead atoms. The maximum absolute atomic E-state index is 12.6. The molecule has 0 radical (unpaired) electrons. The van der Waals surface area contributed by atoms with Crippen molar-refractivity contribution in [1.29, 1.82) is 0 Å². The Bertz CT molecular complexity index is 959. The molecule has 0 spiro atoms. The summed E-state index contributed by atoms with van der Waals surface area (Å²) in [5.74, 6) is 0.658. The number of nitrogens with one attached hydrogen (secondary N) is 1. The third-order valence-corrected chi connectivity index (χ3v) is 4.16. The van der Waals surface area contributed by atoms with Crippen molar-refractivity contribution < 1.29 is 17.9 Å². The monoisotopic (exact) mass is 413 g/mol. The number of pyridine rings is 1. The van der Waals surface area contributed by atoms with Crippen LogP contribution < -0.4 is 15.9 Å². The average Bonchev–Trinajstić information content (AvgIpc) is 3.02. The van der Waals surface area contributed by atoms with Crippen LogP contribution in [0.4, 0.5) is 24.1 Å². The van der Waals surface area contributed by atoms with Gasteiger partial charge in [-0.1, -0.05) is 11.6 Å². The van der Waals surface area contributed by atoms with Gasteiger partial charge in [0.25, 0.3) is 0 Å². The number of anilines is 2. The second kappa shape index (κ2) is 7.80. The van der Waals surface area contributed by atoms with Crippen molar-refractivity contribution in [2.24, 2.45) is 5.10 Å². The van der Waals surface area contributed by atoms with Crippen molar-refractivity contribution in [2.45, 2.75) is 6.18 Å². The van der Waals surface area contributed by atoms with E-state index in [-0.39, 0.29) is 10.9 Å². The fourth-order valence-corrected chi connectivity index (χ4v) is 2.64. The number of halogens is 4. The van der Waals surface area contributed by atoms with E-state index in [9.17, 15) is 13.2 Å². The second-order valence-corrected chi connectivity index (χ2v) is 6.39. The van der Waals surface area contributed by atoms with Gasteiger partial charge < -0.3 is 10.5 Å². The number of nitrogens with two attached hydrogens (primary N) is 1. The summed E-state index contributed by atoms with van der Waals surface area (Å²) < 4.78 is 43.3. The van der Waals surface area contributed by atoms with Gasteiger partial charge in [0, 0.05) is 11.6 Å². The maximum Gasteiger partial charge on any atom is 0.417 e. The summed E-state index contributed by atoms with van der Waals surface area (Å²) in [6.45, 7) is 0. The molecule has 27 heavy (non-hydrogen) atoms. The molecule has 2 heterocycles. The predicted molar refractivity (Wildman–Crippen MR) is 98.5 cm³/mol. The summed E-state index contributed by atoms with van der Waals surface area (Å²) in [6.07, 6.45) is -2.29. The Balaban J connectivity index is 1.64. The lowest BCUT2D eigenvalue weighted by Crippen LogP contribution is -2.05. The van der Waals surface area contributed by atoms with E-state index in [1.165, 1.54) is 11.3 Å². The van der Waals surface area contributed by atoms with E-state index in [2.05, 4.69) is 20.5 Å². The van der Waals surface area contributed by atoms with Crippen molar-refractivity contribution >= 4 is 40.1 Å². The van der Waals surface area contributed by atoms with Gasteiger partial charge >= 0.3 is 6.18 Å². The standard InChI is InChI=1S/C16H11ClF3N5OS/c17-12-5-10(16(18,19)20)7-22-14(12)26-11-3-1-9(2-4-11)6-23-25-15-24-13(21)8-27-15/h1-8H,21H2,(H,24,25). The Morgan fingerprint density at radius 3 is 2.59 bits per heavy atom. The van der Waals surface area contributed by atoms with E-state index < -0.39 is 11.7 Å². The number of hydrogen-bond donors (Lipinski definition) is 2. The Hall–Kier alpha value is -2.85. The summed E-state index contributed by atoms with van der Waals surface area (Å²) in [4.78, 5) is 7.61. The Morgan fingerprint density at radius 2 is 2.00 bits per heavy atom. The molecule has 11 heteroatoms. The summed E-state index contributed by atoms with van der Waals surface area (Å²) in [6, 6.07) is 7.39. The fourth-order valence-electron chi connectivity index (χ4n) is 1.89. The van der Waals surface area contributed by atoms with Crippen LogP contribution in [0.15, 0.2) is 47.0 Å². The number of benzene rings is 1. The third-order valence-electron chi connectivity index (χ3n) is 3.13. The largest absolute Gasteiger partial charge is 0.438 e. The van der Waals surface area contributed by atoms with Gasteiger partial charge in [0.05, 0.1) is 11.8 Å². The molecule has 0 atom stereocenters. The first-order valence-electron chi connectivity index (χ1n) is 7.32. The van der Waals surface area contributed by atoms with Crippen LogP contribution in [0.25, 0.3) is 0 Å². The first kappa shape index (κ1) is 18.9. The lowest BCUT2D eigenvalue weighted by Gasteiger charge is -2.10. The Labute approximate surface area is 160 Å². The van der Waals surface area contributed by atoms with Crippen LogP contribution >= 0.6 is 22.9 Å². The zero-order valence-corrected chi connectivity index (χ0v) is 14.9. The van der Waals surface area contributed by atoms with E-state index in [1.807, 2.05) is 0 Å². The minimum Gasteiger partial charge on any atom is -0.438 e. The molecule has 0 fully saturated rings. The molecule has 0 aliphatic rings. The molecule has 1 aromatic carbocycles. The number of hydrogen-bond acceptors (Lipinski definition) is 7. The van der Waals surface area contributed by atoms with Crippen molar-refractivity contribution in [3.05, 3.63) is 58.1 Å².